The van der Waals surface area contributed by atoms with E-state index in [0.717, 1.165) is 12.0 Å². The van der Waals surface area contributed by atoms with E-state index in [1.54, 1.807) is 24.3 Å². The maximum atomic E-state index is 13.9. The summed E-state index contributed by atoms with van der Waals surface area (Å²) in [5.41, 5.74) is 3.84. The van der Waals surface area contributed by atoms with Gasteiger partial charge in [-0.15, -0.1) is 0 Å². The van der Waals surface area contributed by atoms with Gasteiger partial charge >= 0.3 is 0 Å². The number of alkyl halides is 2. The molecule has 0 bridgehead atoms. The molecule has 1 aliphatic heterocycles. The van der Waals surface area contributed by atoms with Crippen LogP contribution in [0.4, 0.5) is 14.6 Å². The monoisotopic (exact) mass is 495 g/mol. The number of aryl methyl sites for hydroxylation is 1. The van der Waals surface area contributed by atoms with Gasteiger partial charge in [-0.2, -0.15) is 4.98 Å². The number of rotatable bonds is 5. The molecule has 0 saturated carbocycles. The predicted molar refractivity (Wildman–Crippen MR) is 142 cm³/mol. The molecule has 0 amide bonds. The molecule has 2 aromatic carbocycles. The van der Waals surface area contributed by atoms with E-state index in [-0.39, 0.29) is 11.8 Å². The van der Waals surface area contributed by atoms with Crippen LogP contribution in [0.2, 0.25) is 0 Å². The molecule has 6 nitrogen and oxygen atoms in total. The van der Waals surface area contributed by atoms with Gasteiger partial charge in [-0.3, -0.25) is 4.57 Å². The van der Waals surface area contributed by atoms with Crippen LogP contribution in [-0.2, 0) is 11.2 Å². The third kappa shape index (κ3) is 5.87. The summed E-state index contributed by atoms with van der Waals surface area (Å²) >= 11 is 0. The first-order valence-corrected chi connectivity index (χ1v) is 12.7. The first-order chi connectivity index (χ1) is 17.6. The van der Waals surface area contributed by atoms with Gasteiger partial charge in [0.25, 0.3) is 6.43 Å². The number of nitrogens with zero attached hydrogens (tertiary/aromatic N) is 5. The number of benzene rings is 2. The van der Waals surface area contributed by atoms with E-state index in [1.807, 2.05) is 45.9 Å². The number of para-hydroxylation sites is 2. The largest absolute Gasteiger partial charge is 0.378 e. The molecule has 1 saturated heterocycles. The molecular weight excluding hydrogens is 460 g/mol. The smallest absolute Gasteiger partial charge is 0.296 e. The number of hydrogen-bond acceptors (Lipinski definition) is 5. The van der Waals surface area contributed by atoms with Crippen LogP contribution in [0.15, 0.2) is 54.6 Å². The maximum absolute atomic E-state index is 13.9. The van der Waals surface area contributed by atoms with E-state index in [4.69, 9.17) is 14.7 Å². The lowest BCUT2D eigenvalue weighted by Gasteiger charge is -2.28. The first-order valence-electron chi connectivity index (χ1n) is 12.7. The number of hydrogen-bond donors (Lipinski definition) is 0. The summed E-state index contributed by atoms with van der Waals surface area (Å²) in [5.74, 6) is 0.510. The summed E-state index contributed by atoms with van der Waals surface area (Å²) < 4.78 is 34.7. The van der Waals surface area contributed by atoms with E-state index >= 15 is 0 Å². The third-order valence-corrected chi connectivity index (χ3v) is 5.68. The van der Waals surface area contributed by atoms with E-state index in [9.17, 15) is 8.78 Å². The van der Waals surface area contributed by atoms with Gasteiger partial charge < -0.3 is 9.64 Å². The highest BCUT2D eigenvalue weighted by Gasteiger charge is 2.24. The van der Waals surface area contributed by atoms with Gasteiger partial charge in [0.2, 0.25) is 5.95 Å². The molecule has 8 heteroatoms. The van der Waals surface area contributed by atoms with Crippen LogP contribution in [-0.4, -0.2) is 45.8 Å². The van der Waals surface area contributed by atoms with E-state index in [0.29, 0.717) is 48.8 Å². The molecule has 0 radical (unpaired) electrons. The lowest BCUT2D eigenvalue weighted by Crippen LogP contribution is -2.37. The molecule has 5 rings (SSSR count). The number of halogens is 2. The van der Waals surface area contributed by atoms with Crippen molar-refractivity contribution >= 4 is 16.9 Å². The van der Waals surface area contributed by atoms with Crippen molar-refractivity contribution < 1.29 is 13.5 Å². The topological polar surface area (TPSA) is 56.1 Å². The summed E-state index contributed by atoms with van der Waals surface area (Å²) in [6.45, 7) is 12.6. The quantitative estimate of drug-likeness (QED) is 0.302. The van der Waals surface area contributed by atoms with Crippen molar-refractivity contribution in [2.24, 2.45) is 0 Å². The highest BCUT2D eigenvalue weighted by atomic mass is 19.3. The fourth-order valence-electron chi connectivity index (χ4n) is 3.94. The van der Waals surface area contributed by atoms with Crippen molar-refractivity contribution in [3.05, 3.63) is 66.0 Å². The molecule has 1 fully saturated rings. The second-order valence-corrected chi connectivity index (χ2v) is 7.66. The molecule has 2 aromatic heterocycles. The van der Waals surface area contributed by atoms with Crippen LogP contribution >= 0.6 is 0 Å². The number of imidazole rings is 1. The lowest BCUT2D eigenvalue weighted by molar-refractivity contribution is 0.122. The normalized spacial score (nSPS) is 13.2. The first kappa shape index (κ1) is 27.2. The Labute approximate surface area is 212 Å². The second kappa shape index (κ2) is 13.1. The van der Waals surface area contributed by atoms with Crippen molar-refractivity contribution in [2.75, 3.05) is 31.2 Å². The minimum atomic E-state index is -2.76. The Morgan fingerprint density at radius 2 is 1.56 bits per heavy atom. The highest BCUT2D eigenvalue weighted by molar-refractivity contribution is 5.78. The molecule has 1 aliphatic rings. The van der Waals surface area contributed by atoms with Crippen molar-refractivity contribution in [3.63, 3.8) is 0 Å². The van der Waals surface area contributed by atoms with Gasteiger partial charge in [-0.1, -0.05) is 71.0 Å². The SMILES string of the molecule is CC.CC.CCc1ccc(-c2cc(N3CCOCC3)nc(-n3c(C(F)F)nc4ccccc43)n2)cc1. The minimum Gasteiger partial charge on any atom is -0.378 e. The zero-order chi connectivity index (χ0) is 26.1. The lowest BCUT2D eigenvalue weighted by atomic mass is 10.1. The fraction of sp³-hybridized carbons (Fsp3) is 0.393. The Morgan fingerprint density at radius 1 is 0.889 bits per heavy atom. The van der Waals surface area contributed by atoms with E-state index < -0.39 is 6.43 Å². The third-order valence-electron chi connectivity index (χ3n) is 5.68. The number of fused-ring (bicyclic) bond motifs is 1. The van der Waals surface area contributed by atoms with Gasteiger partial charge in [0, 0.05) is 24.7 Å². The Kier molecular flexibility index (Phi) is 9.87. The Balaban J connectivity index is 0.000000861. The second-order valence-electron chi connectivity index (χ2n) is 7.66. The molecule has 192 valence electrons. The maximum Gasteiger partial charge on any atom is 0.296 e. The van der Waals surface area contributed by atoms with Crippen LogP contribution in [0, 0.1) is 0 Å². The summed E-state index contributed by atoms with van der Waals surface area (Å²) in [7, 11) is 0. The molecule has 0 aliphatic carbocycles. The standard InChI is InChI=1S/C24H23F2N5O.2C2H6/c1-2-16-7-9-17(10-8-16)19-15-21(30-11-13-32-14-12-30)29-24(28-19)31-20-6-4-3-5-18(20)27-23(31)22(25)26;2*1-2/h3-10,15,22H,2,11-14H2,1H3;2*1-2H3. The van der Waals surface area contributed by atoms with Gasteiger partial charge in [0.1, 0.15) is 5.82 Å². The van der Waals surface area contributed by atoms with Crippen LogP contribution in [0.1, 0.15) is 52.4 Å². The number of morpholine rings is 1. The van der Waals surface area contributed by atoms with Crippen molar-refractivity contribution in [2.45, 2.75) is 47.5 Å². The summed E-state index contributed by atoms with van der Waals surface area (Å²) in [6, 6.07) is 17.1. The minimum absolute atomic E-state index is 0.188. The fourth-order valence-corrected chi connectivity index (χ4v) is 3.94. The summed E-state index contributed by atoms with van der Waals surface area (Å²) in [4.78, 5) is 15.7. The van der Waals surface area contributed by atoms with Crippen LogP contribution in [0.5, 0.6) is 0 Å². The molecule has 3 heterocycles. The Morgan fingerprint density at radius 3 is 2.19 bits per heavy atom. The average Bonchev–Trinajstić information content (AvgIpc) is 3.36. The van der Waals surface area contributed by atoms with Crippen LogP contribution in [0.3, 0.4) is 0 Å². The highest BCUT2D eigenvalue weighted by Crippen LogP contribution is 2.30. The molecule has 0 spiro atoms. The summed E-state index contributed by atoms with van der Waals surface area (Å²) in [6.07, 6.45) is -1.82. The van der Waals surface area contributed by atoms with Gasteiger partial charge in [0.05, 0.1) is 29.9 Å². The van der Waals surface area contributed by atoms with Gasteiger partial charge in [0.15, 0.2) is 5.82 Å². The predicted octanol–water partition coefficient (Wildman–Crippen LogP) is 6.87. The van der Waals surface area contributed by atoms with Crippen molar-refractivity contribution in [1.29, 1.82) is 0 Å². The molecule has 0 unspecified atom stereocenters. The van der Waals surface area contributed by atoms with Gasteiger partial charge in [-0.05, 0) is 24.1 Å². The molecule has 4 aromatic rings. The average molecular weight is 496 g/mol. The molecular formula is C28H35F2N5O. The van der Waals surface area contributed by atoms with Gasteiger partial charge in [-0.25, -0.2) is 18.7 Å². The zero-order valence-electron chi connectivity index (χ0n) is 21.7. The van der Waals surface area contributed by atoms with Crippen LogP contribution in [0.25, 0.3) is 28.2 Å². The number of aromatic nitrogens is 4. The van der Waals surface area contributed by atoms with Crippen molar-refractivity contribution in [1.82, 2.24) is 19.5 Å². The molecule has 0 N–H and O–H groups in total. The number of ether oxygens (including phenoxy) is 1. The zero-order valence-corrected chi connectivity index (χ0v) is 21.7. The van der Waals surface area contributed by atoms with E-state index in [2.05, 4.69) is 28.9 Å². The Bertz CT molecular complexity index is 1230. The molecule has 36 heavy (non-hydrogen) atoms. The van der Waals surface area contributed by atoms with Crippen molar-refractivity contribution in [3.8, 4) is 17.2 Å². The Hall–Kier alpha value is -3.39. The van der Waals surface area contributed by atoms with E-state index in [1.165, 1.54) is 10.1 Å². The van der Waals surface area contributed by atoms with Crippen LogP contribution < -0.4 is 4.90 Å². The number of anilines is 1. The molecule has 0 atom stereocenters. The summed E-state index contributed by atoms with van der Waals surface area (Å²) in [5, 5.41) is 0.